The second kappa shape index (κ2) is 11.3. The quantitative estimate of drug-likeness (QED) is 0.329. The molecule has 0 aliphatic heterocycles. The molecule has 0 radical (unpaired) electrons. The predicted octanol–water partition coefficient (Wildman–Crippen LogP) is 5.12. The summed E-state index contributed by atoms with van der Waals surface area (Å²) in [5.41, 5.74) is -0.437. The minimum atomic E-state index is -0.862. The van der Waals surface area contributed by atoms with Gasteiger partial charge in [0.15, 0.2) is 12.1 Å². The molecule has 3 fully saturated rings. The van der Waals surface area contributed by atoms with Crippen molar-refractivity contribution in [3.05, 3.63) is 11.6 Å². The van der Waals surface area contributed by atoms with E-state index in [1.807, 2.05) is 6.08 Å². The number of hydrogen-bond donors (Lipinski definition) is 3. The van der Waals surface area contributed by atoms with Gasteiger partial charge in [0, 0.05) is 24.4 Å². The van der Waals surface area contributed by atoms with Gasteiger partial charge in [0.05, 0.1) is 18.3 Å². The molecule has 0 spiro atoms. The molecule has 4 rings (SSSR count). The molecule has 0 aromatic carbocycles. The third-order valence-electron chi connectivity index (χ3n) is 12.0. The van der Waals surface area contributed by atoms with Crippen molar-refractivity contribution < 1.29 is 29.6 Å². The molecule has 4 aliphatic rings. The van der Waals surface area contributed by atoms with Crippen LogP contribution in [0.25, 0.3) is 0 Å². The number of allylic oxidation sites excluding steroid dienone is 1. The Morgan fingerprint density at radius 1 is 1.15 bits per heavy atom. The van der Waals surface area contributed by atoms with Crippen molar-refractivity contribution in [3.63, 3.8) is 0 Å². The maximum atomic E-state index is 13.9. The zero-order valence-corrected chi connectivity index (χ0v) is 25.4. The Labute approximate surface area is 236 Å². The van der Waals surface area contributed by atoms with E-state index in [0.29, 0.717) is 31.1 Å². The van der Waals surface area contributed by atoms with Crippen LogP contribution >= 0.6 is 0 Å². The highest BCUT2D eigenvalue weighted by molar-refractivity contribution is 5.94. The largest absolute Gasteiger partial charge is 0.396 e. The smallest absolute Gasteiger partial charge is 0.159 e. The first-order valence-electron chi connectivity index (χ1n) is 15.6. The summed E-state index contributed by atoms with van der Waals surface area (Å²) in [6, 6.07) is 0. The van der Waals surface area contributed by atoms with Gasteiger partial charge in [-0.1, -0.05) is 53.0 Å². The van der Waals surface area contributed by atoms with E-state index in [9.17, 15) is 24.9 Å². The molecular weight excluding hydrogens is 492 g/mol. The van der Waals surface area contributed by atoms with E-state index < -0.39 is 17.8 Å². The summed E-state index contributed by atoms with van der Waals surface area (Å²) in [6.07, 6.45) is 7.98. The molecule has 12 atom stereocenters. The van der Waals surface area contributed by atoms with Crippen LogP contribution in [-0.4, -0.2) is 57.9 Å². The molecule has 0 heterocycles. The summed E-state index contributed by atoms with van der Waals surface area (Å²) in [5.74, 6) is 0.692. The number of ether oxygens (including phenoxy) is 1. The van der Waals surface area contributed by atoms with Gasteiger partial charge in [0.2, 0.25) is 0 Å². The van der Waals surface area contributed by atoms with E-state index in [1.54, 1.807) is 13.8 Å². The highest BCUT2D eigenvalue weighted by Crippen LogP contribution is 2.67. The number of carbonyl (C=O) groups is 2. The Morgan fingerprint density at radius 2 is 1.85 bits per heavy atom. The Morgan fingerprint density at radius 3 is 2.46 bits per heavy atom. The number of aliphatic hydroxyl groups excluding tert-OH is 3. The Bertz CT molecular complexity index is 942. The Hall–Kier alpha value is -1.08. The minimum absolute atomic E-state index is 0.0490. The number of ketones is 1. The Kier molecular flexibility index (Phi) is 8.95. The lowest BCUT2D eigenvalue weighted by Crippen LogP contribution is -2.60. The number of aliphatic hydroxyl groups is 3. The van der Waals surface area contributed by atoms with Crippen LogP contribution in [0, 0.1) is 52.3 Å². The van der Waals surface area contributed by atoms with Crippen LogP contribution in [0.4, 0.5) is 0 Å². The maximum absolute atomic E-state index is 13.9. The molecule has 6 nitrogen and oxygen atoms in total. The van der Waals surface area contributed by atoms with E-state index in [-0.39, 0.29) is 58.9 Å². The van der Waals surface area contributed by atoms with E-state index in [4.69, 9.17) is 4.74 Å². The summed E-state index contributed by atoms with van der Waals surface area (Å²) >= 11 is 0. The molecule has 0 amide bonds. The van der Waals surface area contributed by atoms with E-state index in [1.165, 1.54) is 0 Å². The lowest BCUT2D eigenvalue weighted by Gasteiger charge is -2.59. The summed E-state index contributed by atoms with van der Waals surface area (Å²) in [7, 11) is 0. The minimum Gasteiger partial charge on any atom is -0.396 e. The van der Waals surface area contributed by atoms with Crippen LogP contribution in [0.1, 0.15) is 99.8 Å². The van der Waals surface area contributed by atoms with Gasteiger partial charge in [-0.05, 0) is 93.0 Å². The number of aldehydes is 1. The van der Waals surface area contributed by atoms with Crippen molar-refractivity contribution in [2.24, 2.45) is 52.3 Å². The van der Waals surface area contributed by atoms with Crippen molar-refractivity contribution in [2.45, 2.75) is 124 Å². The van der Waals surface area contributed by atoms with Crippen molar-refractivity contribution in [2.75, 3.05) is 6.61 Å². The van der Waals surface area contributed by atoms with Crippen LogP contribution in [0.5, 0.6) is 0 Å². The summed E-state index contributed by atoms with van der Waals surface area (Å²) in [5, 5.41) is 33.0. The zero-order chi connectivity index (χ0) is 28.9. The summed E-state index contributed by atoms with van der Waals surface area (Å²) < 4.78 is 6.10. The van der Waals surface area contributed by atoms with Crippen molar-refractivity contribution in [1.29, 1.82) is 0 Å². The van der Waals surface area contributed by atoms with E-state index in [0.717, 1.165) is 44.0 Å². The van der Waals surface area contributed by atoms with Gasteiger partial charge in [-0.3, -0.25) is 4.79 Å². The van der Waals surface area contributed by atoms with E-state index in [2.05, 4.69) is 34.6 Å². The predicted molar refractivity (Wildman–Crippen MR) is 152 cm³/mol. The molecule has 6 heteroatoms. The topological polar surface area (TPSA) is 104 Å². The molecule has 0 aromatic heterocycles. The number of fused-ring (bicyclic) bond motifs is 5. The first kappa shape index (κ1) is 30.9. The average Bonchev–Trinajstić information content (AvgIpc) is 3.14. The fourth-order valence-corrected chi connectivity index (χ4v) is 9.75. The average molecular weight is 547 g/mol. The van der Waals surface area contributed by atoms with Crippen LogP contribution < -0.4 is 0 Å². The fourth-order valence-electron chi connectivity index (χ4n) is 9.75. The van der Waals surface area contributed by atoms with Crippen LogP contribution in [0.15, 0.2) is 11.6 Å². The normalized spacial score (nSPS) is 42.6. The highest BCUT2D eigenvalue weighted by Gasteiger charge is 2.66. The lowest BCUT2D eigenvalue weighted by molar-refractivity contribution is -0.165. The van der Waals surface area contributed by atoms with Gasteiger partial charge in [0.1, 0.15) is 5.60 Å². The van der Waals surface area contributed by atoms with Crippen molar-refractivity contribution >= 4 is 12.1 Å². The SMILES string of the molecule is CCC(CCC(C)C1CC(O)C2C3C(=O)C=C4CC(OC(C)(C)C=O)CCC4(C)C3C(O)CC12C)C(C)CO. The molecule has 4 aliphatic carbocycles. The first-order valence-corrected chi connectivity index (χ1v) is 15.6. The second-order valence-corrected chi connectivity index (χ2v) is 14.8. The molecule has 0 bridgehead atoms. The molecule has 0 aromatic rings. The van der Waals surface area contributed by atoms with Gasteiger partial charge in [-0.15, -0.1) is 0 Å². The van der Waals surface area contributed by atoms with Gasteiger partial charge >= 0.3 is 0 Å². The zero-order valence-electron chi connectivity index (χ0n) is 25.4. The molecule has 222 valence electrons. The second-order valence-electron chi connectivity index (χ2n) is 14.8. The number of rotatable bonds is 10. The Balaban J connectivity index is 1.57. The molecule has 12 unspecified atom stereocenters. The highest BCUT2D eigenvalue weighted by atomic mass is 16.5. The van der Waals surface area contributed by atoms with Gasteiger partial charge in [0.25, 0.3) is 0 Å². The van der Waals surface area contributed by atoms with Gasteiger partial charge in [-0.25, -0.2) is 0 Å². The molecule has 3 N–H and O–H groups in total. The van der Waals surface area contributed by atoms with Gasteiger partial charge < -0.3 is 24.9 Å². The standard InChI is InChI=1S/C33H54O6/c1-8-21(20(3)17-34)10-9-19(2)24-15-26(37)29-28-25(36)14-22-13-23(39-31(4,5)18-35)11-12-32(22,6)30(28)27(38)16-33(24,29)7/h14,18-21,23-24,26-30,34,37-38H,8-13,15-17H2,1-7H3. The first-order chi connectivity index (χ1) is 18.2. The monoisotopic (exact) mass is 546 g/mol. The molecular formula is C33H54O6. The van der Waals surface area contributed by atoms with Gasteiger partial charge in [-0.2, -0.15) is 0 Å². The third-order valence-corrected chi connectivity index (χ3v) is 12.0. The van der Waals surface area contributed by atoms with E-state index >= 15 is 0 Å². The lowest BCUT2D eigenvalue weighted by atomic mass is 9.45. The number of hydrogen-bond acceptors (Lipinski definition) is 6. The maximum Gasteiger partial charge on any atom is 0.159 e. The summed E-state index contributed by atoms with van der Waals surface area (Å²) in [6.45, 7) is 14.8. The summed E-state index contributed by atoms with van der Waals surface area (Å²) in [4.78, 5) is 25.3. The molecule has 0 saturated heterocycles. The van der Waals surface area contributed by atoms with Crippen molar-refractivity contribution in [1.82, 2.24) is 0 Å². The third kappa shape index (κ3) is 5.45. The van der Waals surface area contributed by atoms with Crippen molar-refractivity contribution in [3.8, 4) is 0 Å². The van der Waals surface area contributed by atoms with Crippen LogP contribution in [0.2, 0.25) is 0 Å². The molecule has 3 saturated carbocycles. The molecule has 39 heavy (non-hydrogen) atoms. The van der Waals surface area contributed by atoms with Crippen LogP contribution in [-0.2, 0) is 14.3 Å². The van der Waals surface area contributed by atoms with Crippen LogP contribution in [0.3, 0.4) is 0 Å². The number of carbonyl (C=O) groups excluding carboxylic acids is 2. The fraction of sp³-hybridized carbons (Fsp3) is 0.879.